The summed E-state index contributed by atoms with van der Waals surface area (Å²) in [6.45, 7) is 6.31. The van der Waals surface area contributed by atoms with Crippen LogP contribution in [0.4, 0.5) is 0 Å². The molecule has 0 aromatic carbocycles. The van der Waals surface area contributed by atoms with E-state index in [2.05, 4.69) is 18.9 Å². The normalized spacial score (nSPS) is 17.7. The number of ketones is 1. The summed E-state index contributed by atoms with van der Waals surface area (Å²) in [6, 6.07) is 0. The van der Waals surface area contributed by atoms with Crippen molar-refractivity contribution in [2.24, 2.45) is 13.0 Å². The smallest absolute Gasteiger partial charge is 0.341 e. The molecular formula is C16H22N2O3. The number of ether oxygens (including phenoxy) is 1. The molecule has 1 aliphatic carbocycles. The molecule has 0 spiro atoms. The van der Waals surface area contributed by atoms with Crippen LogP contribution in [0.25, 0.3) is 0 Å². The molecule has 0 unspecified atom stereocenters. The number of hydrogen-bond acceptors (Lipinski definition) is 4. The number of allylic oxidation sites excluding steroid dienone is 1. The molecule has 1 heterocycles. The van der Waals surface area contributed by atoms with Gasteiger partial charge in [-0.15, -0.1) is 0 Å². The Hall–Kier alpha value is -1.91. The number of hydrogen-bond donors (Lipinski definition) is 0. The summed E-state index contributed by atoms with van der Waals surface area (Å²) in [5.41, 5.74) is 1.44. The summed E-state index contributed by atoms with van der Waals surface area (Å²) in [4.78, 5) is 24.4. The Morgan fingerprint density at radius 1 is 1.48 bits per heavy atom. The van der Waals surface area contributed by atoms with Gasteiger partial charge in [0.25, 0.3) is 0 Å². The Balaban J connectivity index is 2.35. The number of fused-ring (bicyclic) bond motifs is 1. The third kappa shape index (κ3) is 3.23. The summed E-state index contributed by atoms with van der Waals surface area (Å²) >= 11 is 0. The lowest BCUT2D eigenvalue weighted by molar-refractivity contribution is -0.138. The van der Waals surface area contributed by atoms with Gasteiger partial charge in [0.15, 0.2) is 0 Å². The average molecular weight is 290 g/mol. The molecule has 0 aliphatic heterocycles. The highest BCUT2D eigenvalue weighted by molar-refractivity contribution is 6.25. The fourth-order valence-electron chi connectivity index (χ4n) is 2.56. The van der Waals surface area contributed by atoms with E-state index in [4.69, 9.17) is 4.74 Å². The number of rotatable bonds is 5. The van der Waals surface area contributed by atoms with Crippen molar-refractivity contribution in [3.8, 4) is 0 Å². The maximum Gasteiger partial charge on any atom is 0.341 e. The quantitative estimate of drug-likeness (QED) is 0.618. The number of carbonyl (C=O) groups is 2. The van der Waals surface area contributed by atoms with Gasteiger partial charge in [-0.3, -0.25) is 9.48 Å². The molecular weight excluding hydrogens is 268 g/mol. The van der Waals surface area contributed by atoms with Crippen molar-refractivity contribution in [2.75, 3.05) is 6.61 Å². The zero-order chi connectivity index (χ0) is 15.6. The first-order valence-corrected chi connectivity index (χ1v) is 7.41. The van der Waals surface area contributed by atoms with Gasteiger partial charge in [-0.05, 0) is 19.3 Å². The SMILES string of the molecule is CCOC(=O)C1=C[C@H](CCC(C)C)c2nn(C)cc2C1=O. The molecule has 0 N–H and O–H groups in total. The number of nitrogens with zero attached hydrogens (tertiary/aromatic N) is 2. The lowest BCUT2D eigenvalue weighted by Crippen LogP contribution is -2.22. The van der Waals surface area contributed by atoms with Crippen LogP contribution in [0.5, 0.6) is 0 Å². The number of carbonyl (C=O) groups excluding carboxylic acids is 2. The summed E-state index contributed by atoms with van der Waals surface area (Å²) in [7, 11) is 1.79. The standard InChI is InChI=1S/C16H22N2O3/c1-5-21-16(20)12-8-11(7-6-10(2)3)14-13(15(12)19)9-18(4)17-14/h8-11H,5-7H2,1-4H3/t11-/m0/s1. The molecule has 114 valence electrons. The highest BCUT2D eigenvalue weighted by Gasteiger charge is 2.33. The van der Waals surface area contributed by atoms with E-state index in [1.807, 2.05) is 0 Å². The molecule has 1 aliphatic rings. The van der Waals surface area contributed by atoms with Gasteiger partial charge in [0.05, 0.1) is 17.9 Å². The molecule has 2 rings (SSSR count). The molecule has 1 aromatic rings. The first kappa shape index (κ1) is 15.5. The number of Topliss-reactive ketones (excluding diaryl/α,β-unsaturated/α-hetero) is 1. The maximum atomic E-state index is 12.4. The molecule has 1 atom stereocenters. The van der Waals surface area contributed by atoms with Crippen LogP contribution < -0.4 is 0 Å². The molecule has 0 fully saturated rings. The van der Waals surface area contributed by atoms with Crippen molar-refractivity contribution in [1.82, 2.24) is 9.78 Å². The van der Waals surface area contributed by atoms with Gasteiger partial charge in [0.1, 0.15) is 5.57 Å². The van der Waals surface area contributed by atoms with Crippen molar-refractivity contribution >= 4 is 11.8 Å². The minimum Gasteiger partial charge on any atom is -0.462 e. The summed E-state index contributed by atoms with van der Waals surface area (Å²) in [5.74, 6) is -0.251. The Labute approximate surface area is 125 Å². The van der Waals surface area contributed by atoms with Crippen molar-refractivity contribution in [1.29, 1.82) is 0 Å². The lowest BCUT2D eigenvalue weighted by Gasteiger charge is -2.19. The third-order valence-electron chi connectivity index (χ3n) is 3.62. The van der Waals surface area contributed by atoms with Gasteiger partial charge in [-0.1, -0.05) is 26.3 Å². The Morgan fingerprint density at radius 3 is 2.81 bits per heavy atom. The fourth-order valence-corrected chi connectivity index (χ4v) is 2.56. The predicted octanol–water partition coefficient (Wildman–Crippen LogP) is 2.63. The molecule has 0 bridgehead atoms. The number of esters is 1. The Kier molecular flexibility index (Phi) is 4.60. The zero-order valence-corrected chi connectivity index (χ0v) is 13.0. The molecule has 5 nitrogen and oxygen atoms in total. The van der Waals surface area contributed by atoms with Gasteiger partial charge in [-0.25, -0.2) is 4.79 Å². The molecule has 1 aromatic heterocycles. The second-order valence-electron chi connectivity index (χ2n) is 5.81. The number of aryl methyl sites for hydroxylation is 1. The maximum absolute atomic E-state index is 12.4. The van der Waals surface area contributed by atoms with E-state index in [1.165, 1.54) is 0 Å². The van der Waals surface area contributed by atoms with E-state index in [-0.39, 0.29) is 23.9 Å². The molecule has 0 saturated heterocycles. The highest BCUT2D eigenvalue weighted by atomic mass is 16.5. The van der Waals surface area contributed by atoms with Crippen LogP contribution in [0.15, 0.2) is 17.8 Å². The first-order valence-electron chi connectivity index (χ1n) is 7.41. The van der Waals surface area contributed by atoms with Gasteiger partial charge < -0.3 is 4.74 Å². The van der Waals surface area contributed by atoms with Crippen LogP contribution in [0.1, 0.15) is 55.6 Å². The third-order valence-corrected chi connectivity index (χ3v) is 3.62. The molecule has 0 amide bonds. The van der Waals surface area contributed by atoms with Crippen molar-refractivity contribution in [2.45, 2.75) is 39.5 Å². The van der Waals surface area contributed by atoms with Crippen LogP contribution in [-0.2, 0) is 16.6 Å². The van der Waals surface area contributed by atoms with Gasteiger partial charge in [0, 0.05) is 19.2 Å². The van der Waals surface area contributed by atoms with E-state index in [1.54, 1.807) is 30.9 Å². The zero-order valence-electron chi connectivity index (χ0n) is 13.0. The lowest BCUT2D eigenvalue weighted by atomic mass is 9.84. The van der Waals surface area contributed by atoms with E-state index < -0.39 is 5.97 Å². The second kappa shape index (κ2) is 6.24. The number of aromatic nitrogens is 2. The van der Waals surface area contributed by atoms with Gasteiger partial charge >= 0.3 is 5.97 Å². The highest BCUT2D eigenvalue weighted by Crippen LogP contribution is 2.33. The van der Waals surface area contributed by atoms with Crippen LogP contribution in [0.2, 0.25) is 0 Å². The minimum absolute atomic E-state index is 0.000654. The van der Waals surface area contributed by atoms with Crippen LogP contribution in [0.3, 0.4) is 0 Å². The molecule has 0 radical (unpaired) electrons. The summed E-state index contributed by atoms with van der Waals surface area (Å²) < 4.78 is 6.62. The summed E-state index contributed by atoms with van der Waals surface area (Å²) in [5, 5.41) is 4.40. The van der Waals surface area contributed by atoms with Crippen molar-refractivity contribution in [3.63, 3.8) is 0 Å². The van der Waals surface area contributed by atoms with Crippen LogP contribution in [0, 0.1) is 5.92 Å². The van der Waals surface area contributed by atoms with E-state index in [0.717, 1.165) is 18.5 Å². The topological polar surface area (TPSA) is 61.2 Å². The Bertz CT molecular complexity index is 584. The molecule has 5 heteroatoms. The fraction of sp³-hybridized carbons (Fsp3) is 0.562. The van der Waals surface area contributed by atoms with E-state index in [9.17, 15) is 9.59 Å². The monoisotopic (exact) mass is 290 g/mol. The Morgan fingerprint density at radius 2 is 2.19 bits per heavy atom. The van der Waals surface area contributed by atoms with Crippen LogP contribution >= 0.6 is 0 Å². The largest absolute Gasteiger partial charge is 0.462 e. The van der Waals surface area contributed by atoms with E-state index >= 15 is 0 Å². The second-order valence-corrected chi connectivity index (χ2v) is 5.81. The predicted molar refractivity (Wildman–Crippen MR) is 79.1 cm³/mol. The summed E-state index contributed by atoms with van der Waals surface area (Å²) in [6.07, 6.45) is 5.31. The van der Waals surface area contributed by atoms with E-state index in [0.29, 0.717) is 11.5 Å². The molecule has 0 saturated carbocycles. The van der Waals surface area contributed by atoms with Gasteiger partial charge in [-0.2, -0.15) is 5.10 Å². The van der Waals surface area contributed by atoms with Gasteiger partial charge in [0.2, 0.25) is 5.78 Å². The minimum atomic E-state index is -0.536. The first-order chi connectivity index (χ1) is 9.93. The van der Waals surface area contributed by atoms with Crippen LogP contribution in [-0.4, -0.2) is 28.1 Å². The van der Waals surface area contributed by atoms with Crippen molar-refractivity contribution in [3.05, 3.63) is 29.1 Å². The average Bonchev–Trinajstić information content (AvgIpc) is 2.80. The van der Waals surface area contributed by atoms with Crippen molar-refractivity contribution < 1.29 is 14.3 Å². The molecule has 21 heavy (non-hydrogen) atoms.